The van der Waals surface area contributed by atoms with Crippen LogP contribution in [0.1, 0.15) is 83.1 Å². The minimum Gasteiger partial charge on any atom is -0.461 e. The van der Waals surface area contributed by atoms with Gasteiger partial charge in [0.1, 0.15) is 12.4 Å². The summed E-state index contributed by atoms with van der Waals surface area (Å²) >= 11 is 1.13. The molecule has 208 valence electrons. The summed E-state index contributed by atoms with van der Waals surface area (Å²) in [6.45, 7) is 2.09. The number of halogens is 2. The van der Waals surface area contributed by atoms with Crippen LogP contribution in [0.25, 0.3) is 0 Å². The molecule has 37 heavy (non-hydrogen) atoms. The van der Waals surface area contributed by atoms with Crippen molar-refractivity contribution in [3.8, 4) is 0 Å². The first-order valence-electron chi connectivity index (χ1n) is 13.3. The molecular weight excluding hydrogens is 517 g/mol. The fourth-order valence-electron chi connectivity index (χ4n) is 4.95. The lowest BCUT2D eigenvalue weighted by molar-refractivity contribution is -0.145. The van der Waals surface area contributed by atoms with Crippen LogP contribution < -0.4 is 0 Å². The van der Waals surface area contributed by atoms with Crippen molar-refractivity contribution in [3.63, 3.8) is 0 Å². The van der Waals surface area contributed by atoms with Crippen molar-refractivity contribution >= 4 is 38.8 Å². The Morgan fingerprint density at radius 2 is 1.84 bits per heavy atom. The number of hydrogen-bond donors (Lipinski definition) is 0. The summed E-state index contributed by atoms with van der Waals surface area (Å²) in [4.78, 5) is 37.4. The van der Waals surface area contributed by atoms with Crippen LogP contribution in [0.3, 0.4) is 0 Å². The summed E-state index contributed by atoms with van der Waals surface area (Å²) in [5, 5.41) is -0.866. The molecule has 0 aliphatic heterocycles. The molecule has 2 rings (SSSR count). The van der Waals surface area contributed by atoms with Crippen molar-refractivity contribution < 1.29 is 32.4 Å². The molecule has 9 heteroatoms. The van der Waals surface area contributed by atoms with E-state index in [9.17, 15) is 23.2 Å². The Labute approximate surface area is 226 Å². The molecule has 0 saturated heterocycles. The zero-order valence-corrected chi connectivity index (χ0v) is 23.9. The summed E-state index contributed by atoms with van der Waals surface area (Å²) in [7, 11) is 2.19. The Balaban J connectivity index is 1.79. The van der Waals surface area contributed by atoms with Gasteiger partial charge < -0.3 is 9.26 Å². The van der Waals surface area contributed by atoms with E-state index in [1.54, 1.807) is 6.26 Å². The van der Waals surface area contributed by atoms with Crippen LogP contribution in [0.4, 0.5) is 8.78 Å². The summed E-state index contributed by atoms with van der Waals surface area (Å²) in [5.41, 5.74) is 0.953. The number of unbranched alkanes of at least 4 members (excludes halogenated alkanes) is 4. The Morgan fingerprint density at radius 1 is 1.14 bits per heavy atom. The van der Waals surface area contributed by atoms with Gasteiger partial charge >= 0.3 is 11.9 Å². The van der Waals surface area contributed by atoms with E-state index in [1.165, 1.54) is 0 Å². The minimum atomic E-state index is -3.35. The third-order valence-corrected chi connectivity index (χ3v) is 8.47. The SMILES string of the molecule is CCCCC(F)(F)C(=O)C(C[C@H]1[C@H](OP)CC(=O)[C@@H]1CCCCCCC(=O)OCc1ccccc1)SC. The van der Waals surface area contributed by atoms with Crippen LogP contribution in [0.15, 0.2) is 30.3 Å². The fraction of sp³-hybridized carbons (Fsp3) is 0.679. The van der Waals surface area contributed by atoms with Crippen LogP contribution in [-0.2, 0) is 30.3 Å². The molecule has 5 nitrogen and oxygen atoms in total. The molecule has 1 aromatic carbocycles. The van der Waals surface area contributed by atoms with Crippen molar-refractivity contribution in [2.24, 2.45) is 11.8 Å². The molecule has 0 N–H and O–H groups in total. The maximum absolute atomic E-state index is 14.5. The topological polar surface area (TPSA) is 69.7 Å². The van der Waals surface area contributed by atoms with E-state index in [0.717, 1.165) is 36.6 Å². The van der Waals surface area contributed by atoms with Gasteiger partial charge in [-0.2, -0.15) is 20.5 Å². The summed E-state index contributed by atoms with van der Waals surface area (Å²) < 4.78 is 39.7. The zero-order valence-electron chi connectivity index (χ0n) is 22.0. The van der Waals surface area contributed by atoms with Gasteiger partial charge in [0.2, 0.25) is 5.78 Å². The highest BCUT2D eigenvalue weighted by atomic mass is 32.2. The van der Waals surface area contributed by atoms with Gasteiger partial charge in [-0.15, -0.1) is 0 Å². The van der Waals surface area contributed by atoms with Gasteiger partial charge in [0, 0.05) is 34.6 Å². The maximum atomic E-state index is 14.5. The monoisotopic (exact) mass is 558 g/mol. The van der Waals surface area contributed by atoms with Crippen LogP contribution >= 0.6 is 21.2 Å². The first-order valence-corrected chi connectivity index (χ1v) is 15.0. The van der Waals surface area contributed by atoms with Gasteiger partial charge in [0.05, 0.1) is 11.4 Å². The van der Waals surface area contributed by atoms with Crippen LogP contribution in [0.5, 0.6) is 0 Å². The molecule has 1 aromatic rings. The van der Waals surface area contributed by atoms with Gasteiger partial charge in [0.15, 0.2) is 0 Å². The van der Waals surface area contributed by atoms with Gasteiger partial charge in [-0.25, -0.2) is 0 Å². The van der Waals surface area contributed by atoms with E-state index in [1.807, 2.05) is 37.3 Å². The Bertz CT molecular complexity index is 854. The maximum Gasteiger partial charge on any atom is 0.306 e. The molecule has 0 aromatic heterocycles. The summed E-state index contributed by atoms with van der Waals surface area (Å²) in [6, 6.07) is 9.53. The third-order valence-electron chi connectivity index (χ3n) is 7.14. The molecule has 0 spiro atoms. The predicted molar refractivity (Wildman–Crippen MR) is 147 cm³/mol. The van der Waals surface area contributed by atoms with E-state index in [2.05, 4.69) is 9.47 Å². The molecule has 5 atom stereocenters. The molecule has 1 fully saturated rings. The van der Waals surface area contributed by atoms with Crippen LogP contribution in [0.2, 0.25) is 0 Å². The number of Topliss-reactive ketones (excluding diaryl/α,β-unsaturated/α-hetero) is 2. The van der Waals surface area contributed by atoms with Gasteiger partial charge in [-0.3, -0.25) is 14.4 Å². The molecule has 1 aliphatic rings. The first kappa shape index (κ1) is 31.8. The molecule has 0 bridgehead atoms. The number of rotatable bonds is 18. The van der Waals surface area contributed by atoms with Crippen molar-refractivity contribution in [1.82, 2.24) is 0 Å². The highest BCUT2D eigenvalue weighted by molar-refractivity contribution is 7.99. The standard InChI is InChI=1S/C28H41F2O5PS/c1-3-4-16-28(29,30)27(33)25(37-2)17-22-21(23(31)18-24(22)35-36)14-10-5-6-11-15-26(32)34-19-20-12-8-7-9-13-20/h7-9,12-13,21-22,24-25H,3-6,10-11,14-19,36H2,1-2H3/t21-,22-,24-,25?/m1/s1. The second kappa shape index (κ2) is 16.6. The number of ether oxygens (including phenoxy) is 1. The number of carbonyl (C=O) groups is 3. The first-order chi connectivity index (χ1) is 17.7. The van der Waals surface area contributed by atoms with Crippen molar-refractivity contribution in [2.45, 2.75) is 101 Å². The van der Waals surface area contributed by atoms with E-state index in [0.29, 0.717) is 32.1 Å². The van der Waals surface area contributed by atoms with Crippen LogP contribution in [0, 0.1) is 11.8 Å². The summed E-state index contributed by atoms with van der Waals surface area (Å²) in [5.74, 6) is -5.09. The lowest BCUT2D eigenvalue weighted by Crippen LogP contribution is -2.39. The number of alkyl halides is 2. The molecule has 0 radical (unpaired) electrons. The molecule has 0 amide bonds. The lowest BCUT2D eigenvalue weighted by atomic mass is 9.84. The molecule has 1 saturated carbocycles. The average Bonchev–Trinajstić information content (AvgIpc) is 3.20. The highest BCUT2D eigenvalue weighted by Crippen LogP contribution is 2.41. The molecule has 2 unspecified atom stereocenters. The van der Waals surface area contributed by atoms with E-state index >= 15 is 0 Å². The Kier molecular flexibility index (Phi) is 14.3. The van der Waals surface area contributed by atoms with E-state index < -0.39 is 23.4 Å². The van der Waals surface area contributed by atoms with E-state index in [-0.39, 0.29) is 49.1 Å². The largest absolute Gasteiger partial charge is 0.461 e. The van der Waals surface area contributed by atoms with Gasteiger partial charge in [-0.05, 0) is 43.4 Å². The predicted octanol–water partition coefficient (Wildman–Crippen LogP) is 6.97. The molecule has 1 aliphatic carbocycles. The number of ketones is 2. The van der Waals surface area contributed by atoms with Crippen molar-refractivity contribution in [1.29, 1.82) is 0 Å². The molecular formula is C28H41F2O5PS. The second-order valence-corrected chi connectivity index (χ2v) is 11.2. The summed E-state index contributed by atoms with van der Waals surface area (Å²) in [6.07, 6.45) is 6.39. The van der Waals surface area contributed by atoms with Crippen molar-refractivity contribution in [2.75, 3.05) is 6.26 Å². The highest BCUT2D eigenvalue weighted by Gasteiger charge is 2.47. The van der Waals surface area contributed by atoms with Crippen molar-refractivity contribution in [3.05, 3.63) is 35.9 Å². The second-order valence-electron chi connectivity index (χ2n) is 9.85. The Morgan fingerprint density at radius 3 is 2.49 bits per heavy atom. The van der Waals surface area contributed by atoms with Gasteiger partial charge in [0.25, 0.3) is 0 Å². The number of carbonyl (C=O) groups excluding carboxylic acids is 3. The van der Waals surface area contributed by atoms with E-state index in [4.69, 9.17) is 9.26 Å². The van der Waals surface area contributed by atoms with Crippen LogP contribution in [-0.4, -0.2) is 41.1 Å². The molecule has 0 heterocycles. The fourth-order valence-corrected chi connectivity index (χ4v) is 6.05. The average molecular weight is 559 g/mol. The number of benzene rings is 1. The smallest absolute Gasteiger partial charge is 0.306 e. The van der Waals surface area contributed by atoms with Gasteiger partial charge in [-0.1, -0.05) is 62.9 Å². The minimum absolute atomic E-state index is 0.0759. The zero-order chi connectivity index (χ0) is 27.3. The number of hydrogen-bond acceptors (Lipinski definition) is 6. The third kappa shape index (κ3) is 10.4. The quantitative estimate of drug-likeness (QED) is 0.110. The normalized spacial score (nSPS) is 20.7. The number of esters is 1. The Hall–Kier alpha value is -1.37. The number of thioether (sulfide) groups is 1. The lowest BCUT2D eigenvalue weighted by Gasteiger charge is -2.28.